The second-order valence-electron chi connectivity index (χ2n) is 5.88. The average Bonchev–Trinajstić information content (AvgIpc) is 2.59. The molecule has 0 aliphatic carbocycles. The van der Waals surface area contributed by atoms with E-state index in [0.29, 0.717) is 0 Å². The molecule has 1 saturated heterocycles. The van der Waals surface area contributed by atoms with E-state index in [9.17, 15) is 0 Å². The number of hydrogen-bond donors (Lipinski definition) is 0. The van der Waals surface area contributed by atoms with Crippen molar-refractivity contribution in [2.45, 2.75) is 6.04 Å². The number of halogens is 2. The van der Waals surface area contributed by atoms with Crippen molar-refractivity contribution in [1.29, 1.82) is 0 Å². The Morgan fingerprint density at radius 1 is 0.783 bits per heavy atom. The van der Waals surface area contributed by atoms with Crippen molar-refractivity contribution in [3.63, 3.8) is 0 Å². The van der Waals surface area contributed by atoms with E-state index in [1.165, 1.54) is 11.1 Å². The number of nitrogens with zero attached hydrogens (tertiary/aromatic N) is 2. The lowest BCUT2D eigenvalue weighted by Gasteiger charge is -2.39. The van der Waals surface area contributed by atoms with E-state index in [4.69, 9.17) is 23.2 Å². The van der Waals surface area contributed by atoms with Crippen LogP contribution in [0.4, 0.5) is 0 Å². The molecule has 2 aromatic rings. The Morgan fingerprint density at radius 3 is 1.61 bits per heavy atom. The molecule has 121 valence electrons. The summed E-state index contributed by atoms with van der Waals surface area (Å²) in [6, 6.07) is 16.6. The molecule has 0 atom stereocenters. The molecule has 0 spiro atoms. The highest BCUT2D eigenvalue weighted by molar-refractivity contribution is 6.30. The Balaban J connectivity index is 1.90. The maximum absolute atomic E-state index is 6.06. The van der Waals surface area contributed by atoms with Gasteiger partial charge in [0, 0.05) is 36.2 Å². The zero-order valence-electron chi connectivity index (χ0n) is 13.1. The molecular weight excluding hydrogens is 327 g/mol. The summed E-state index contributed by atoms with van der Waals surface area (Å²) in [6.45, 7) is 9.05. The second-order valence-corrected chi connectivity index (χ2v) is 6.76. The zero-order chi connectivity index (χ0) is 16.2. The molecular formula is C19H21Cl2N2. The first-order valence-corrected chi connectivity index (χ1v) is 8.69. The summed E-state index contributed by atoms with van der Waals surface area (Å²) in [7, 11) is 0. The summed E-state index contributed by atoms with van der Waals surface area (Å²) in [5, 5.41) is 1.54. The van der Waals surface area contributed by atoms with Crippen molar-refractivity contribution in [2.75, 3.05) is 32.7 Å². The molecule has 0 amide bonds. The van der Waals surface area contributed by atoms with Gasteiger partial charge in [-0.2, -0.15) is 0 Å². The average molecular weight is 348 g/mol. The SMILES string of the molecule is [CH2]CN1CCN(C(c2ccc(Cl)cc2)c2ccc(Cl)cc2)CC1. The molecule has 0 bridgehead atoms. The van der Waals surface area contributed by atoms with Gasteiger partial charge in [-0.1, -0.05) is 47.5 Å². The Kier molecular flexibility index (Phi) is 5.60. The predicted octanol–water partition coefficient (Wildman–Crippen LogP) is 4.53. The molecule has 1 fully saturated rings. The lowest BCUT2D eigenvalue weighted by atomic mass is 9.96. The van der Waals surface area contributed by atoms with Gasteiger partial charge in [-0.05, 0) is 48.9 Å². The zero-order valence-corrected chi connectivity index (χ0v) is 14.6. The van der Waals surface area contributed by atoms with Crippen molar-refractivity contribution < 1.29 is 0 Å². The molecule has 0 saturated carbocycles. The molecule has 23 heavy (non-hydrogen) atoms. The van der Waals surface area contributed by atoms with Crippen molar-refractivity contribution in [2.24, 2.45) is 0 Å². The quantitative estimate of drug-likeness (QED) is 0.801. The minimum Gasteiger partial charge on any atom is -0.301 e. The van der Waals surface area contributed by atoms with Gasteiger partial charge < -0.3 is 4.90 Å². The fourth-order valence-corrected chi connectivity index (χ4v) is 3.40. The molecule has 1 radical (unpaired) electrons. The van der Waals surface area contributed by atoms with Crippen LogP contribution in [0.2, 0.25) is 10.0 Å². The topological polar surface area (TPSA) is 6.48 Å². The maximum Gasteiger partial charge on any atom is 0.0602 e. The molecule has 0 N–H and O–H groups in total. The largest absolute Gasteiger partial charge is 0.301 e. The van der Waals surface area contributed by atoms with Gasteiger partial charge in [-0.25, -0.2) is 0 Å². The Hall–Kier alpha value is -1.06. The number of hydrogen-bond acceptors (Lipinski definition) is 2. The highest BCUT2D eigenvalue weighted by atomic mass is 35.5. The molecule has 0 unspecified atom stereocenters. The third-order valence-corrected chi connectivity index (χ3v) is 4.96. The van der Waals surface area contributed by atoms with Crippen LogP contribution >= 0.6 is 23.2 Å². The van der Waals surface area contributed by atoms with E-state index in [0.717, 1.165) is 42.8 Å². The minimum absolute atomic E-state index is 0.233. The normalized spacial score (nSPS) is 16.9. The summed E-state index contributed by atoms with van der Waals surface area (Å²) < 4.78 is 0. The van der Waals surface area contributed by atoms with Crippen LogP contribution in [0.15, 0.2) is 48.5 Å². The third kappa shape index (κ3) is 4.07. The van der Waals surface area contributed by atoms with Gasteiger partial charge in [0.1, 0.15) is 0 Å². The number of benzene rings is 2. The van der Waals surface area contributed by atoms with Crippen LogP contribution in [0.3, 0.4) is 0 Å². The van der Waals surface area contributed by atoms with Crippen molar-refractivity contribution in [3.8, 4) is 0 Å². The Labute approximate surface area is 148 Å². The summed E-state index contributed by atoms with van der Waals surface area (Å²) in [4.78, 5) is 4.91. The smallest absolute Gasteiger partial charge is 0.0602 e. The van der Waals surface area contributed by atoms with Crippen LogP contribution in [-0.2, 0) is 0 Å². The monoisotopic (exact) mass is 347 g/mol. The first-order valence-electron chi connectivity index (χ1n) is 7.94. The maximum atomic E-state index is 6.06. The van der Waals surface area contributed by atoms with Gasteiger partial charge in [0.2, 0.25) is 0 Å². The van der Waals surface area contributed by atoms with E-state index in [1.807, 2.05) is 24.3 Å². The van der Waals surface area contributed by atoms with Gasteiger partial charge >= 0.3 is 0 Å². The van der Waals surface area contributed by atoms with Gasteiger partial charge in [0.15, 0.2) is 0 Å². The molecule has 2 nitrogen and oxygen atoms in total. The molecule has 1 aliphatic rings. The minimum atomic E-state index is 0.233. The van der Waals surface area contributed by atoms with Gasteiger partial charge in [-0.15, -0.1) is 0 Å². The summed E-state index contributed by atoms with van der Waals surface area (Å²) in [5.41, 5.74) is 2.53. The van der Waals surface area contributed by atoms with E-state index in [-0.39, 0.29) is 6.04 Å². The second kappa shape index (κ2) is 7.67. The first-order chi connectivity index (χ1) is 11.2. The van der Waals surface area contributed by atoms with E-state index in [1.54, 1.807) is 0 Å². The van der Waals surface area contributed by atoms with Crippen LogP contribution in [0.1, 0.15) is 17.2 Å². The Morgan fingerprint density at radius 2 is 1.22 bits per heavy atom. The standard InChI is InChI=1S/C19H21Cl2N2/c1-2-22-11-13-23(14-12-22)19(15-3-7-17(20)8-4-15)16-5-9-18(21)10-6-16/h3-10,19H,1-2,11-14H2. The summed E-state index contributed by atoms with van der Waals surface area (Å²) in [5.74, 6) is 0. The van der Waals surface area contributed by atoms with Crippen molar-refractivity contribution in [3.05, 3.63) is 76.6 Å². The third-order valence-electron chi connectivity index (χ3n) is 4.46. The predicted molar refractivity (Wildman–Crippen MR) is 98.1 cm³/mol. The first kappa shape index (κ1) is 16.8. The van der Waals surface area contributed by atoms with E-state index >= 15 is 0 Å². The van der Waals surface area contributed by atoms with Crippen LogP contribution in [0, 0.1) is 6.92 Å². The van der Waals surface area contributed by atoms with Crippen LogP contribution in [-0.4, -0.2) is 42.5 Å². The van der Waals surface area contributed by atoms with E-state index < -0.39 is 0 Å². The number of rotatable bonds is 4. The Bertz CT molecular complexity index is 571. The van der Waals surface area contributed by atoms with Crippen LogP contribution in [0.25, 0.3) is 0 Å². The highest BCUT2D eigenvalue weighted by Gasteiger charge is 2.25. The van der Waals surface area contributed by atoms with Gasteiger partial charge in [-0.3, -0.25) is 4.90 Å². The fraction of sp³-hybridized carbons (Fsp3) is 0.316. The van der Waals surface area contributed by atoms with Gasteiger partial charge in [0.05, 0.1) is 6.04 Å². The van der Waals surface area contributed by atoms with Gasteiger partial charge in [0.25, 0.3) is 0 Å². The molecule has 4 heteroatoms. The fourth-order valence-electron chi connectivity index (χ4n) is 3.15. The van der Waals surface area contributed by atoms with Crippen molar-refractivity contribution in [1.82, 2.24) is 9.80 Å². The lowest BCUT2D eigenvalue weighted by Crippen LogP contribution is -2.47. The van der Waals surface area contributed by atoms with E-state index in [2.05, 4.69) is 41.0 Å². The summed E-state index contributed by atoms with van der Waals surface area (Å²) in [6.07, 6.45) is 0. The molecule has 1 aliphatic heterocycles. The highest BCUT2D eigenvalue weighted by Crippen LogP contribution is 2.31. The van der Waals surface area contributed by atoms with Crippen LogP contribution in [0.5, 0.6) is 0 Å². The lowest BCUT2D eigenvalue weighted by molar-refractivity contribution is 0.117. The molecule has 3 rings (SSSR count). The molecule has 1 heterocycles. The molecule has 0 aromatic heterocycles. The molecule has 2 aromatic carbocycles. The summed E-state index contributed by atoms with van der Waals surface area (Å²) >= 11 is 12.1. The van der Waals surface area contributed by atoms with Crippen LogP contribution < -0.4 is 0 Å². The number of piperazine rings is 1. The van der Waals surface area contributed by atoms with Crippen molar-refractivity contribution >= 4 is 23.2 Å².